The van der Waals surface area contributed by atoms with Gasteiger partial charge in [-0.2, -0.15) is 23.3 Å². The molecule has 6 nitrogen and oxygen atoms in total. The minimum absolute atomic E-state index is 0.183. The average molecular weight is 440 g/mol. The lowest BCUT2D eigenvalue weighted by atomic mass is 10.0. The number of hydrogen-bond acceptors (Lipinski definition) is 5. The smallest absolute Gasteiger partial charge is 0.385 e. The number of hydrogen-bond donors (Lipinski definition) is 1. The summed E-state index contributed by atoms with van der Waals surface area (Å²) in [5.74, 6) is 0.370. The van der Waals surface area contributed by atoms with E-state index < -0.39 is 17.3 Å². The van der Waals surface area contributed by atoms with Gasteiger partial charge in [0.2, 0.25) is 5.82 Å². The number of alkyl halides is 3. The molecule has 1 saturated carbocycles. The Morgan fingerprint density at radius 1 is 1.09 bits per heavy atom. The predicted molar refractivity (Wildman–Crippen MR) is 109 cm³/mol. The van der Waals surface area contributed by atoms with E-state index in [1.165, 1.54) is 12.1 Å². The van der Waals surface area contributed by atoms with Crippen molar-refractivity contribution in [2.45, 2.75) is 38.1 Å². The summed E-state index contributed by atoms with van der Waals surface area (Å²) >= 11 is 0. The highest BCUT2D eigenvalue weighted by molar-refractivity contribution is 5.58. The Kier molecular flexibility index (Phi) is 4.67. The Balaban J connectivity index is 1.36. The van der Waals surface area contributed by atoms with E-state index in [1.807, 2.05) is 37.3 Å². The number of benzene rings is 2. The molecule has 9 heteroatoms. The van der Waals surface area contributed by atoms with E-state index in [4.69, 9.17) is 4.52 Å². The Bertz CT molecular complexity index is 1270. The molecule has 0 radical (unpaired) electrons. The van der Waals surface area contributed by atoms with Crippen molar-refractivity contribution in [2.75, 3.05) is 0 Å². The third-order valence-electron chi connectivity index (χ3n) is 5.62. The summed E-state index contributed by atoms with van der Waals surface area (Å²) in [5.41, 5.74) is 2.26. The van der Waals surface area contributed by atoms with Crippen molar-refractivity contribution in [3.05, 3.63) is 77.0 Å². The van der Waals surface area contributed by atoms with Gasteiger partial charge in [-0.3, -0.25) is 4.68 Å². The summed E-state index contributed by atoms with van der Waals surface area (Å²) in [4.78, 5) is 4.29. The third kappa shape index (κ3) is 3.91. The number of aliphatic hydroxyl groups is 1. The summed E-state index contributed by atoms with van der Waals surface area (Å²) in [6.07, 6.45) is -2.85. The Hall–Kier alpha value is -3.46. The molecule has 0 bridgehead atoms. The van der Waals surface area contributed by atoms with Gasteiger partial charge in [-0.15, -0.1) is 0 Å². The van der Waals surface area contributed by atoms with E-state index in [1.54, 1.807) is 4.68 Å². The third-order valence-corrected chi connectivity index (χ3v) is 5.62. The first-order chi connectivity index (χ1) is 15.2. The van der Waals surface area contributed by atoms with E-state index >= 15 is 0 Å². The normalized spacial score (nSPS) is 15.2. The van der Waals surface area contributed by atoms with Crippen LogP contribution in [0.4, 0.5) is 13.2 Å². The van der Waals surface area contributed by atoms with Crippen molar-refractivity contribution >= 4 is 0 Å². The number of aromatic nitrogens is 4. The molecule has 1 N–H and O–H groups in total. The second-order valence-electron chi connectivity index (χ2n) is 8.06. The fourth-order valence-electron chi connectivity index (χ4n) is 3.57. The Morgan fingerprint density at radius 2 is 1.84 bits per heavy atom. The van der Waals surface area contributed by atoms with Crippen LogP contribution in [0.1, 0.15) is 35.2 Å². The summed E-state index contributed by atoms with van der Waals surface area (Å²) < 4.78 is 45.4. The Labute approximate surface area is 181 Å². The number of nitrogens with zero attached hydrogens (tertiary/aromatic N) is 4. The second kappa shape index (κ2) is 7.30. The zero-order chi connectivity index (χ0) is 22.5. The van der Waals surface area contributed by atoms with E-state index in [2.05, 4.69) is 15.2 Å². The van der Waals surface area contributed by atoms with Gasteiger partial charge in [-0.05, 0) is 49.1 Å². The molecule has 1 fully saturated rings. The van der Waals surface area contributed by atoms with Gasteiger partial charge in [0.1, 0.15) is 0 Å². The first-order valence-electron chi connectivity index (χ1n) is 10.1. The van der Waals surface area contributed by atoms with E-state index in [-0.39, 0.29) is 11.7 Å². The van der Waals surface area contributed by atoms with E-state index in [0.717, 1.165) is 41.8 Å². The van der Waals surface area contributed by atoms with Gasteiger partial charge in [-0.25, -0.2) is 0 Å². The van der Waals surface area contributed by atoms with Crippen LogP contribution < -0.4 is 0 Å². The molecular weight excluding hydrogens is 421 g/mol. The van der Waals surface area contributed by atoms with Gasteiger partial charge in [0.05, 0.1) is 17.7 Å². The monoisotopic (exact) mass is 440 g/mol. The molecule has 4 aromatic rings. The number of aryl methyl sites for hydroxylation is 1. The summed E-state index contributed by atoms with van der Waals surface area (Å²) in [6, 6.07) is 14.2. The van der Waals surface area contributed by atoms with Crippen LogP contribution in [-0.2, 0) is 18.3 Å². The lowest BCUT2D eigenvalue weighted by Crippen LogP contribution is -2.07. The molecule has 2 aromatic carbocycles. The molecule has 5 rings (SSSR count). The van der Waals surface area contributed by atoms with Crippen molar-refractivity contribution in [1.29, 1.82) is 0 Å². The van der Waals surface area contributed by atoms with Crippen LogP contribution in [0.2, 0.25) is 0 Å². The van der Waals surface area contributed by atoms with E-state index in [9.17, 15) is 18.3 Å². The van der Waals surface area contributed by atoms with Gasteiger partial charge < -0.3 is 9.63 Å². The molecule has 1 aliphatic rings. The molecule has 0 spiro atoms. The maximum absolute atomic E-state index is 12.8. The van der Waals surface area contributed by atoms with Gasteiger partial charge in [0.25, 0.3) is 5.89 Å². The SMILES string of the molecule is Cc1cc(-c2nc(-c3ccc(C(F)(F)F)cc3)no2)nn1Cc1cccc(C2(O)CC2)c1. The lowest BCUT2D eigenvalue weighted by Gasteiger charge is -2.11. The van der Waals surface area contributed by atoms with Gasteiger partial charge >= 0.3 is 6.18 Å². The molecule has 0 atom stereocenters. The highest BCUT2D eigenvalue weighted by Gasteiger charge is 2.42. The zero-order valence-corrected chi connectivity index (χ0v) is 17.1. The molecule has 2 heterocycles. The van der Waals surface area contributed by atoms with Crippen LogP contribution in [0.15, 0.2) is 59.1 Å². The molecule has 1 aliphatic carbocycles. The molecule has 0 saturated heterocycles. The van der Waals surface area contributed by atoms with E-state index in [0.29, 0.717) is 17.8 Å². The predicted octanol–water partition coefficient (Wildman–Crippen LogP) is 4.96. The number of rotatable bonds is 5. The molecular formula is C23H19F3N4O2. The summed E-state index contributed by atoms with van der Waals surface area (Å²) in [6.45, 7) is 2.41. The molecule has 0 unspecified atom stereocenters. The van der Waals surface area contributed by atoms with Crippen LogP contribution in [0.5, 0.6) is 0 Å². The highest BCUT2D eigenvalue weighted by Crippen LogP contribution is 2.45. The summed E-state index contributed by atoms with van der Waals surface area (Å²) in [5, 5.41) is 18.8. The first kappa shape index (κ1) is 20.4. The zero-order valence-electron chi connectivity index (χ0n) is 17.1. The standard InChI is InChI=1S/C23H19F3N4O2/c1-14-11-19(28-30(14)13-15-3-2-4-18(12-15)22(31)9-10-22)21-27-20(29-32-21)16-5-7-17(8-6-16)23(24,25)26/h2-8,11-12,31H,9-10,13H2,1H3. The maximum atomic E-state index is 12.8. The van der Waals surface area contributed by atoms with Crippen LogP contribution in [0.25, 0.3) is 23.0 Å². The quantitative estimate of drug-likeness (QED) is 0.475. The minimum Gasteiger partial charge on any atom is -0.385 e. The van der Waals surface area contributed by atoms with Crippen molar-refractivity contribution in [2.24, 2.45) is 0 Å². The molecule has 32 heavy (non-hydrogen) atoms. The Morgan fingerprint density at radius 3 is 2.53 bits per heavy atom. The van der Waals surface area contributed by atoms with Crippen molar-refractivity contribution in [3.63, 3.8) is 0 Å². The van der Waals surface area contributed by atoms with Crippen molar-refractivity contribution in [3.8, 4) is 23.0 Å². The maximum Gasteiger partial charge on any atom is 0.416 e. The first-order valence-corrected chi connectivity index (χ1v) is 10.1. The van der Waals surface area contributed by atoms with Gasteiger partial charge in [0.15, 0.2) is 5.69 Å². The van der Waals surface area contributed by atoms with Crippen molar-refractivity contribution < 1.29 is 22.8 Å². The largest absolute Gasteiger partial charge is 0.416 e. The fourth-order valence-corrected chi connectivity index (χ4v) is 3.57. The second-order valence-corrected chi connectivity index (χ2v) is 8.06. The topological polar surface area (TPSA) is 77.0 Å². The summed E-state index contributed by atoms with van der Waals surface area (Å²) in [7, 11) is 0. The van der Waals surface area contributed by atoms with Crippen LogP contribution in [0, 0.1) is 6.92 Å². The molecule has 2 aromatic heterocycles. The average Bonchev–Trinajstić information content (AvgIpc) is 3.17. The highest BCUT2D eigenvalue weighted by atomic mass is 19.4. The molecule has 164 valence electrons. The van der Waals surface area contributed by atoms with Gasteiger partial charge in [0, 0.05) is 11.3 Å². The molecule has 0 aliphatic heterocycles. The molecule has 0 amide bonds. The van der Waals surface area contributed by atoms with Crippen LogP contribution in [-0.4, -0.2) is 25.0 Å². The van der Waals surface area contributed by atoms with Gasteiger partial charge in [-0.1, -0.05) is 41.6 Å². The van der Waals surface area contributed by atoms with Crippen molar-refractivity contribution in [1.82, 2.24) is 19.9 Å². The number of halogens is 3. The van der Waals surface area contributed by atoms with Crippen LogP contribution in [0.3, 0.4) is 0 Å². The lowest BCUT2D eigenvalue weighted by molar-refractivity contribution is -0.137. The fraction of sp³-hybridized carbons (Fsp3) is 0.261. The van der Waals surface area contributed by atoms with Crippen LogP contribution >= 0.6 is 0 Å². The minimum atomic E-state index is -4.40.